The number of rotatable bonds is 5. The van der Waals surface area contributed by atoms with Crippen LogP contribution in [0.3, 0.4) is 0 Å². The van der Waals surface area contributed by atoms with Crippen LogP contribution in [0.15, 0.2) is 18.5 Å². The average Bonchev–Trinajstić information content (AvgIpc) is 3.07. The van der Waals surface area contributed by atoms with Crippen molar-refractivity contribution in [3.05, 3.63) is 18.5 Å². The molecule has 1 aromatic heterocycles. The lowest BCUT2D eigenvalue weighted by Gasteiger charge is -2.24. The van der Waals surface area contributed by atoms with Crippen LogP contribution in [-0.2, 0) is 0 Å². The van der Waals surface area contributed by atoms with Gasteiger partial charge in [0.25, 0.3) is 0 Å². The van der Waals surface area contributed by atoms with Crippen molar-refractivity contribution in [2.24, 2.45) is 11.8 Å². The van der Waals surface area contributed by atoms with E-state index in [0.29, 0.717) is 12.0 Å². The highest BCUT2D eigenvalue weighted by Gasteiger charge is 2.39. The van der Waals surface area contributed by atoms with Gasteiger partial charge in [-0.1, -0.05) is 6.42 Å². The summed E-state index contributed by atoms with van der Waals surface area (Å²) in [6.07, 6.45) is 8.94. The van der Waals surface area contributed by atoms with E-state index >= 15 is 0 Å². The number of anilines is 1. The molecular formula is C14H21N5S. The molecule has 2 aliphatic carbocycles. The standard InChI is InChI=1S/C14H21N5S/c20-14(19-12-9-10-2-3-11(12)8-10)18-7-6-17-13-15-4-1-5-16-13/h1,4-5,10-12H,2-3,6-9H2,(H,15,16,17)(H2,18,19,20)/t10-,11-,12+/m0/s1. The molecule has 3 atom stereocenters. The molecule has 0 unspecified atom stereocenters. The van der Waals surface area contributed by atoms with Crippen molar-refractivity contribution >= 4 is 23.3 Å². The Hall–Kier alpha value is -1.43. The van der Waals surface area contributed by atoms with E-state index in [4.69, 9.17) is 12.2 Å². The topological polar surface area (TPSA) is 61.9 Å². The summed E-state index contributed by atoms with van der Waals surface area (Å²) in [4.78, 5) is 8.21. The van der Waals surface area contributed by atoms with E-state index in [1.807, 2.05) is 0 Å². The Morgan fingerprint density at radius 1 is 1.20 bits per heavy atom. The number of fused-ring (bicyclic) bond motifs is 2. The summed E-state index contributed by atoms with van der Waals surface area (Å²) in [5.41, 5.74) is 0. The Labute approximate surface area is 125 Å². The zero-order chi connectivity index (χ0) is 13.8. The summed E-state index contributed by atoms with van der Waals surface area (Å²) in [5, 5.41) is 10.6. The van der Waals surface area contributed by atoms with E-state index in [-0.39, 0.29) is 0 Å². The second-order valence-corrected chi connectivity index (χ2v) is 6.09. The fourth-order valence-corrected chi connectivity index (χ4v) is 3.64. The molecular weight excluding hydrogens is 270 g/mol. The molecule has 1 aromatic rings. The zero-order valence-electron chi connectivity index (χ0n) is 11.5. The molecule has 108 valence electrons. The van der Waals surface area contributed by atoms with Crippen molar-refractivity contribution in [2.45, 2.75) is 31.7 Å². The van der Waals surface area contributed by atoms with Gasteiger partial charge in [-0.05, 0) is 49.4 Å². The van der Waals surface area contributed by atoms with E-state index in [1.54, 1.807) is 18.5 Å². The first-order chi connectivity index (χ1) is 9.81. The molecule has 2 fully saturated rings. The van der Waals surface area contributed by atoms with Crippen LogP contribution in [0, 0.1) is 11.8 Å². The fraction of sp³-hybridized carbons (Fsp3) is 0.643. The van der Waals surface area contributed by atoms with Gasteiger partial charge in [-0.2, -0.15) is 0 Å². The van der Waals surface area contributed by atoms with Gasteiger partial charge in [0, 0.05) is 31.5 Å². The van der Waals surface area contributed by atoms with E-state index < -0.39 is 0 Å². The molecule has 2 aliphatic rings. The average molecular weight is 291 g/mol. The quantitative estimate of drug-likeness (QED) is 0.565. The number of hydrogen-bond donors (Lipinski definition) is 3. The molecule has 6 heteroatoms. The Morgan fingerprint density at radius 2 is 2.05 bits per heavy atom. The van der Waals surface area contributed by atoms with Gasteiger partial charge in [0.15, 0.2) is 5.11 Å². The van der Waals surface area contributed by atoms with E-state index in [0.717, 1.165) is 30.0 Å². The minimum Gasteiger partial charge on any atom is -0.361 e. The van der Waals surface area contributed by atoms with Gasteiger partial charge in [0.2, 0.25) is 5.95 Å². The maximum Gasteiger partial charge on any atom is 0.222 e. The maximum atomic E-state index is 5.36. The van der Waals surface area contributed by atoms with Crippen LogP contribution in [-0.4, -0.2) is 34.2 Å². The molecule has 20 heavy (non-hydrogen) atoms. The van der Waals surface area contributed by atoms with Crippen LogP contribution in [0.5, 0.6) is 0 Å². The first kappa shape index (κ1) is 13.5. The first-order valence-electron chi connectivity index (χ1n) is 7.36. The van der Waals surface area contributed by atoms with E-state index in [9.17, 15) is 0 Å². The normalized spacial score (nSPS) is 27.3. The van der Waals surface area contributed by atoms with Gasteiger partial charge < -0.3 is 16.0 Å². The van der Waals surface area contributed by atoms with Crippen LogP contribution >= 0.6 is 12.2 Å². The summed E-state index contributed by atoms with van der Waals surface area (Å²) in [7, 11) is 0. The van der Waals surface area contributed by atoms with Crippen molar-refractivity contribution in [3.8, 4) is 0 Å². The molecule has 0 aromatic carbocycles. The van der Waals surface area contributed by atoms with Gasteiger partial charge >= 0.3 is 0 Å². The minimum atomic E-state index is 0.596. The summed E-state index contributed by atoms with van der Waals surface area (Å²) in [5.74, 6) is 2.44. The van der Waals surface area contributed by atoms with Crippen LogP contribution in [0.25, 0.3) is 0 Å². The van der Waals surface area contributed by atoms with Crippen LogP contribution in [0.4, 0.5) is 5.95 Å². The van der Waals surface area contributed by atoms with Crippen molar-refractivity contribution in [3.63, 3.8) is 0 Å². The molecule has 0 aliphatic heterocycles. The largest absolute Gasteiger partial charge is 0.361 e. The fourth-order valence-electron chi connectivity index (χ4n) is 3.38. The highest BCUT2D eigenvalue weighted by molar-refractivity contribution is 7.80. The highest BCUT2D eigenvalue weighted by atomic mass is 32.1. The van der Waals surface area contributed by atoms with Crippen molar-refractivity contribution in [1.82, 2.24) is 20.6 Å². The highest BCUT2D eigenvalue weighted by Crippen LogP contribution is 2.44. The second kappa shape index (κ2) is 6.35. The molecule has 0 spiro atoms. The molecule has 1 heterocycles. The predicted octanol–water partition coefficient (Wildman–Crippen LogP) is 1.54. The SMILES string of the molecule is S=C(NCCNc1ncccn1)N[C@@H]1C[C@H]2CC[C@H]1C2. The first-order valence-corrected chi connectivity index (χ1v) is 7.77. The van der Waals surface area contributed by atoms with Gasteiger partial charge in [0.1, 0.15) is 0 Å². The molecule has 2 saturated carbocycles. The van der Waals surface area contributed by atoms with Gasteiger partial charge in [-0.3, -0.25) is 0 Å². The molecule has 0 saturated heterocycles. The monoisotopic (exact) mass is 291 g/mol. The lowest BCUT2D eigenvalue weighted by atomic mass is 9.96. The van der Waals surface area contributed by atoms with Crippen molar-refractivity contribution in [2.75, 3.05) is 18.4 Å². The summed E-state index contributed by atoms with van der Waals surface area (Å²) in [6.45, 7) is 1.52. The predicted molar refractivity (Wildman–Crippen MR) is 83.5 cm³/mol. The van der Waals surface area contributed by atoms with Crippen molar-refractivity contribution in [1.29, 1.82) is 0 Å². The summed E-state index contributed by atoms with van der Waals surface area (Å²) < 4.78 is 0. The van der Waals surface area contributed by atoms with Gasteiger partial charge in [-0.15, -0.1) is 0 Å². The van der Waals surface area contributed by atoms with Gasteiger partial charge in [0.05, 0.1) is 0 Å². The second-order valence-electron chi connectivity index (χ2n) is 5.68. The summed E-state index contributed by atoms with van der Waals surface area (Å²) in [6, 6.07) is 2.40. The third-order valence-electron chi connectivity index (χ3n) is 4.31. The van der Waals surface area contributed by atoms with Crippen LogP contribution < -0.4 is 16.0 Å². The Balaban J connectivity index is 1.32. The van der Waals surface area contributed by atoms with Crippen LogP contribution in [0.1, 0.15) is 25.7 Å². The molecule has 5 nitrogen and oxygen atoms in total. The van der Waals surface area contributed by atoms with Crippen LogP contribution in [0.2, 0.25) is 0 Å². The zero-order valence-corrected chi connectivity index (χ0v) is 12.3. The van der Waals surface area contributed by atoms with E-state index in [2.05, 4.69) is 25.9 Å². The number of aromatic nitrogens is 2. The van der Waals surface area contributed by atoms with E-state index in [1.165, 1.54) is 25.7 Å². The number of nitrogens with zero attached hydrogens (tertiary/aromatic N) is 2. The molecule has 3 N–H and O–H groups in total. The maximum absolute atomic E-state index is 5.36. The number of thiocarbonyl (C=S) groups is 1. The third-order valence-corrected chi connectivity index (χ3v) is 4.58. The van der Waals surface area contributed by atoms with Gasteiger partial charge in [-0.25, -0.2) is 9.97 Å². The Morgan fingerprint density at radius 3 is 2.75 bits per heavy atom. The lowest BCUT2D eigenvalue weighted by Crippen LogP contribution is -2.45. The smallest absolute Gasteiger partial charge is 0.222 e. The minimum absolute atomic E-state index is 0.596. The Kier molecular flexibility index (Phi) is 4.30. The third kappa shape index (κ3) is 3.36. The summed E-state index contributed by atoms with van der Waals surface area (Å²) >= 11 is 5.36. The molecule has 0 radical (unpaired) electrons. The number of hydrogen-bond acceptors (Lipinski definition) is 4. The molecule has 3 rings (SSSR count). The number of nitrogens with one attached hydrogen (secondary N) is 3. The lowest BCUT2D eigenvalue weighted by molar-refractivity contribution is 0.389. The molecule has 2 bridgehead atoms. The molecule has 0 amide bonds. The van der Waals surface area contributed by atoms with Crippen molar-refractivity contribution < 1.29 is 0 Å². The Bertz CT molecular complexity index is 452.